The number of fused-ring (bicyclic) bond motifs is 5. The van der Waals surface area contributed by atoms with E-state index >= 15 is 0 Å². The molecule has 0 aliphatic carbocycles. The summed E-state index contributed by atoms with van der Waals surface area (Å²) in [4.78, 5) is 29.4. The maximum absolute atomic E-state index is 13.1. The van der Waals surface area contributed by atoms with Crippen molar-refractivity contribution in [1.82, 2.24) is 10.2 Å². The SMILES string of the molecule is C[C@@H]1c2ccccc2C2C[C@H](NC(=O)N(C)C)CCN2c2ccc(C(=O)Nc3ccccc3)cc21. The van der Waals surface area contributed by atoms with Crippen LogP contribution in [0, 0.1) is 0 Å². The predicted octanol–water partition coefficient (Wildman–Crippen LogP) is 5.39. The van der Waals surface area contributed by atoms with Crippen LogP contribution >= 0.6 is 0 Å². The highest BCUT2D eigenvalue weighted by Gasteiger charge is 2.37. The van der Waals surface area contributed by atoms with Crippen LogP contribution in [0.2, 0.25) is 0 Å². The lowest BCUT2D eigenvalue weighted by Gasteiger charge is -2.41. The highest BCUT2D eigenvalue weighted by Crippen LogP contribution is 2.46. The zero-order valence-corrected chi connectivity index (χ0v) is 20.5. The van der Waals surface area contributed by atoms with Crippen molar-refractivity contribution in [3.8, 4) is 0 Å². The van der Waals surface area contributed by atoms with Gasteiger partial charge < -0.3 is 20.4 Å². The zero-order valence-electron chi connectivity index (χ0n) is 20.5. The van der Waals surface area contributed by atoms with E-state index in [1.165, 1.54) is 16.8 Å². The molecule has 0 radical (unpaired) electrons. The summed E-state index contributed by atoms with van der Waals surface area (Å²) < 4.78 is 0. The standard InChI is InChI=1S/C29H32N4O2/c1-19-23-11-7-8-12-24(23)27-18-22(31-29(35)32(2)3)15-16-33(27)26-14-13-20(17-25(19)26)28(34)30-21-9-5-4-6-10-21/h4-14,17,19,22,27H,15-16,18H2,1-3H3,(H,30,34)(H,31,35)/t19-,22-,27?/m1/s1. The quantitative estimate of drug-likeness (QED) is 0.542. The van der Waals surface area contributed by atoms with Crippen molar-refractivity contribution < 1.29 is 9.59 Å². The van der Waals surface area contributed by atoms with Crippen LogP contribution in [0.1, 0.15) is 58.8 Å². The van der Waals surface area contributed by atoms with Crippen LogP contribution in [-0.2, 0) is 0 Å². The molecule has 2 aliphatic rings. The van der Waals surface area contributed by atoms with Crippen LogP contribution in [0.15, 0.2) is 72.8 Å². The van der Waals surface area contributed by atoms with E-state index < -0.39 is 0 Å². The van der Waals surface area contributed by atoms with E-state index in [0.29, 0.717) is 5.56 Å². The van der Waals surface area contributed by atoms with Gasteiger partial charge in [-0.15, -0.1) is 0 Å². The van der Waals surface area contributed by atoms with E-state index in [4.69, 9.17) is 0 Å². The molecule has 0 spiro atoms. The Morgan fingerprint density at radius 3 is 2.37 bits per heavy atom. The number of benzene rings is 3. The zero-order chi connectivity index (χ0) is 24.5. The van der Waals surface area contributed by atoms with Gasteiger partial charge in [-0.05, 0) is 59.9 Å². The number of nitrogens with one attached hydrogen (secondary N) is 2. The minimum absolute atomic E-state index is 0.0480. The van der Waals surface area contributed by atoms with Gasteiger partial charge in [0, 0.05) is 49.5 Å². The third kappa shape index (κ3) is 4.48. The summed E-state index contributed by atoms with van der Waals surface area (Å²) in [7, 11) is 3.55. The largest absolute Gasteiger partial charge is 0.364 e. The molecule has 6 nitrogen and oxygen atoms in total. The van der Waals surface area contributed by atoms with Crippen LogP contribution in [0.3, 0.4) is 0 Å². The first kappa shape index (κ1) is 23.0. The number of carbonyl (C=O) groups excluding carboxylic acids is 2. The predicted molar refractivity (Wildman–Crippen MR) is 140 cm³/mol. The maximum Gasteiger partial charge on any atom is 0.317 e. The first-order valence-electron chi connectivity index (χ1n) is 12.3. The van der Waals surface area contributed by atoms with Crippen molar-refractivity contribution in [2.75, 3.05) is 30.9 Å². The van der Waals surface area contributed by atoms with E-state index in [2.05, 4.69) is 58.9 Å². The molecule has 2 N–H and O–H groups in total. The molecule has 1 unspecified atom stereocenters. The fourth-order valence-electron chi connectivity index (χ4n) is 5.39. The molecule has 6 heteroatoms. The third-order valence-corrected chi connectivity index (χ3v) is 7.26. The monoisotopic (exact) mass is 468 g/mol. The number of carbonyl (C=O) groups is 2. The van der Waals surface area contributed by atoms with Crippen molar-refractivity contribution in [3.63, 3.8) is 0 Å². The Morgan fingerprint density at radius 2 is 1.63 bits per heavy atom. The molecule has 0 saturated carbocycles. The number of rotatable bonds is 3. The molecule has 3 aromatic rings. The highest BCUT2D eigenvalue weighted by molar-refractivity contribution is 6.04. The molecule has 1 saturated heterocycles. The minimum Gasteiger partial charge on any atom is -0.364 e. The number of anilines is 2. The van der Waals surface area contributed by atoms with Crippen molar-refractivity contribution in [2.24, 2.45) is 0 Å². The first-order chi connectivity index (χ1) is 16.9. The van der Waals surface area contributed by atoms with Crippen LogP contribution in [-0.4, -0.2) is 43.5 Å². The van der Waals surface area contributed by atoms with Crippen molar-refractivity contribution in [3.05, 3.63) is 95.1 Å². The minimum atomic E-state index is -0.106. The molecule has 2 heterocycles. The lowest BCUT2D eigenvalue weighted by molar-refractivity contribution is 0.102. The van der Waals surface area contributed by atoms with Crippen LogP contribution in [0.5, 0.6) is 0 Å². The van der Waals surface area contributed by atoms with E-state index in [-0.39, 0.29) is 29.9 Å². The van der Waals surface area contributed by atoms with Gasteiger partial charge in [-0.2, -0.15) is 0 Å². The van der Waals surface area contributed by atoms with E-state index in [0.717, 1.165) is 30.6 Å². The Morgan fingerprint density at radius 1 is 0.914 bits per heavy atom. The number of hydrogen-bond acceptors (Lipinski definition) is 3. The molecule has 35 heavy (non-hydrogen) atoms. The van der Waals surface area contributed by atoms with Crippen LogP contribution in [0.4, 0.5) is 16.2 Å². The van der Waals surface area contributed by atoms with Gasteiger partial charge in [-0.3, -0.25) is 4.79 Å². The topological polar surface area (TPSA) is 64.7 Å². The fourth-order valence-corrected chi connectivity index (χ4v) is 5.39. The number of hydrogen-bond donors (Lipinski definition) is 2. The molecule has 5 rings (SSSR count). The van der Waals surface area contributed by atoms with Gasteiger partial charge in [0.05, 0.1) is 6.04 Å². The summed E-state index contributed by atoms with van der Waals surface area (Å²) in [6, 6.07) is 24.5. The van der Waals surface area contributed by atoms with Crippen LogP contribution in [0.25, 0.3) is 0 Å². The van der Waals surface area contributed by atoms with Gasteiger partial charge in [-0.1, -0.05) is 49.4 Å². The first-order valence-corrected chi connectivity index (χ1v) is 12.3. The Balaban J connectivity index is 1.49. The van der Waals surface area contributed by atoms with Gasteiger partial charge in [0.15, 0.2) is 0 Å². The average Bonchev–Trinajstić information content (AvgIpc) is 2.97. The number of amides is 3. The summed E-state index contributed by atoms with van der Waals surface area (Å²) in [5, 5.41) is 6.20. The number of para-hydroxylation sites is 1. The van der Waals surface area contributed by atoms with Crippen molar-refractivity contribution in [2.45, 2.75) is 37.8 Å². The van der Waals surface area contributed by atoms with Crippen molar-refractivity contribution in [1.29, 1.82) is 0 Å². The molecular formula is C29H32N4O2. The molecule has 3 atom stereocenters. The lowest BCUT2D eigenvalue weighted by Crippen LogP contribution is -2.48. The lowest BCUT2D eigenvalue weighted by atomic mass is 9.86. The highest BCUT2D eigenvalue weighted by atomic mass is 16.2. The average molecular weight is 469 g/mol. The maximum atomic E-state index is 13.1. The smallest absolute Gasteiger partial charge is 0.317 e. The number of nitrogens with zero attached hydrogens (tertiary/aromatic N) is 2. The molecule has 2 aliphatic heterocycles. The molecular weight excluding hydrogens is 436 g/mol. The molecule has 0 aromatic heterocycles. The second-order valence-corrected chi connectivity index (χ2v) is 9.72. The second kappa shape index (κ2) is 9.45. The summed E-state index contributed by atoms with van der Waals surface area (Å²) in [6.07, 6.45) is 1.72. The van der Waals surface area contributed by atoms with Gasteiger partial charge in [0.2, 0.25) is 0 Å². The Hall–Kier alpha value is -3.80. The van der Waals surface area contributed by atoms with Gasteiger partial charge in [-0.25, -0.2) is 4.79 Å². The third-order valence-electron chi connectivity index (χ3n) is 7.26. The Kier molecular flexibility index (Phi) is 6.20. The normalized spacial score (nSPS) is 20.5. The molecule has 1 fully saturated rings. The van der Waals surface area contributed by atoms with E-state index in [9.17, 15) is 9.59 Å². The van der Waals surface area contributed by atoms with Gasteiger partial charge >= 0.3 is 6.03 Å². The van der Waals surface area contributed by atoms with Crippen LogP contribution < -0.4 is 15.5 Å². The molecule has 0 bridgehead atoms. The van der Waals surface area contributed by atoms with E-state index in [1.54, 1.807) is 19.0 Å². The summed E-state index contributed by atoms with van der Waals surface area (Å²) in [5.74, 6) is 0.0384. The van der Waals surface area contributed by atoms with Crippen molar-refractivity contribution >= 4 is 23.3 Å². The second-order valence-electron chi connectivity index (χ2n) is 9.72. The van der Waals surface area contributed by atoms with Gasteiger partial charge in [0.25, 0.3) is 5.91 Å². The Labute approximate surface area is 206 Å². The Bertz CT molecular complexity index is 1240. The number of urea groups is 1. The molecule has 3 amide bonds. The molecule has 180 valence electrons. The fraction of sp³-hybridized carbons (Fsp3) is 0.310. The summed E-state index contributed by atoms with van der Waals surface area (Å²) in [5.41, 5.74) is 6.36. The number of piperidine rings is 1. The van der Waals surface area contributed by atoms with E-state index in [1.807, 2.05) is 36.4 Å². The molecule has 3 aromatic carbocycles. The summed E-state index contributed by atoms with van der Waals surface area (Å²) in [6.45, 7) is 3.06. The van der Waals surface area contributed by atoms with Gasteiger partial charge in [0.1, 0.15) is 0 Å². The summed E-state index contributed by atoms with van der Waals surface area (Å²) >= 11 is 0.